The van der Waals surface area contributed by atoms with Crippen LogP contribution in [0.4, 0.5) is 17.3 Å². The maximum Gasteiger partial charge on any atom is 0.347 e. The summed E-state index contributed by atoms with van der Waals surface area (Å²) < 4.78 is 10.6. The molecule has 1 N–H and O–H groups in total. The lowest BCUT2D eigenvalue weighted by atomic mass is 10.1. The number of hydrogen-bond acceptors (Lipinski definition) is 7. The molecule has 0 aliphatic rings. The molecule has 138 valence electrons. The number of fused-ring (bicyclic) bond motifs is 1. The lowest BCUT2D eigenvalue weighted by Gasteiger charge is -2.12. The Labute approximate surface area is 160 Å². The van der Waals surface area contributed by atoms with Crippen LogP contribution in [0.5, 0.6) is 5.75 Å². The van der Waals surface area contributed by atoms with Crippen molar-refractivity contribution < 1.29 is 9.15 Å². The topological polar surface area (TPSA) is 89.6 Å². The Bertz CT molecular complexity index is 1190. The van der Waals surface area contributed by atoms with Crippen LogP contribution in [0, 0.1) is 0 Å². The lowest BCUT2D eigenvalue weighted by molar-refractivity contribution is 0.415. The van der Waals surface area contributed by atoms with E-state index < -0.39 is 5.63 Å². The molecular formula is C21H16N4O3. The number of ether oxygens (including phenoxy) is 1. The van der Waals surface area contributed by atoms with E-state index >= 15 is 0 Å². The molecule has 0 bridgehead atoms. The molecule has 0 amide bonds. The third-order valence-corrected chi connectivity index (χ3v) is 4.07. The molecule has 0 atom stereocenters. The Hall–Kier alpha value is -4.00. The van der Waals surface area contributed by atoms with E-state index in [0.29, 0.717) is 11.3 Å². The molecule has 2 aromatic carbocycles. The van der Waals surface area contributed by atoms with Gasteiger partial charge in [-0.15, -0.1) is 0 Å². The fraction of sp³-hybridized carbons (Fsp3) is 0.0476. The average Bonchev–Trinajstić information content (AvgIpc) is 2.74. The number of benzene rings is 2. The van der Waals surface area contributed by atoms with Gasteiger partial charge >= 0.3 is 5.63 Å². The molecule has 2 heterocycles. The highest BCUT2D eigenvalue weighted by molar-refractivity contribution is 6.02. The van der Waals surface area contributed by atoms with E-state index in [-0.39, 0.29) is 11.5 Å². The SMILES string of the molecule is COc1ccc(Nc2c(C=Nc3ncccn3)c(=O)oc3ccccc23)cc1. The maximum atomic E-state index is 12.6. The minimum absolute atomic E-state index is 0.255. The average molecular weight is 372 g/mol. The van der Waals surface area contributed by atoms with Crippen LogP contribution in [0.15, 0.2) is 81.2 Å². The van der Waals surface area contributed by atoms with Crippen LogP contribution in [0.2, 0.25) is 0 Å². The first-order valence-electron chi connectivity index (χ1n) is 8.52. The van der Waals surface area contributed by atoms with Crippen LogP contribution in [0.3, 0.4) is 0 Å². The molecule has 0 aliphatic carbocycles. The summed E-state index contributed by atoms with van der Waals surface area (Å²) >= 11 is 0. The number of nitrogens with one attached hydrogen (secondary N) is 1. The van der Waals surface area contributed by atoms with Crippen LogP contribution in [-0.2, 0) is 0 Å². The van der Waals surface area contributed by atoms with Gasteiger partial charge in [0.15, 0.2) is 0 Å². The Balaban J connectivity index is 1.83. The molecule has 4 rings (SSSR count). The molecule has 7 nitrogen and oxygen atoms in total. The molecule has 7 heteroatoms. The van der Waals surface area contributed by atoms with Gasteiger partial charge in [-0.3, -0.25) is 0 Å². The molecule has 0 fully saturated rings. The van der Waals surface area contributed by atoms with Crippen LogP contribution < -0.4 is 15.7 Å². The number of hydrogen-bond donors (Lipinski definition) is 1. The zero-order chi connectivity index (χ0) is 19.3. The van der Waals surface area contributed by atoms with Gasteiger partial charge in [0, 0.05) is 29.7 Å². The second kappa shape index (κ2) is 7.71. The van der Waals surface area contributed by atoms with Gasteiger partial charge < -0.3 is 14.5 Å². The van der Waals surface area contributed by atoms with Gasteiger partial charge in [-0.05, 0) is 42.5 Å². The van der Waals surface area contributed by atoms with Crippen molar-refractivity contribution in [1.82, 2.24) is 9.97 Å². The summed E-state index contributed by atoms with van der Waals surface area (Å²) in [5, 5.41) is 4.05. The van der Waals surface area contributed by atoms with Crippen molar-refractivity contribution in [3.05, 3.63) is 83.0 Å². The first kappa shape index (κ1) is 17.4. The fourth-order valence-corrected chi connectivity index (χ4v) is 2.71. The van der Waals surface area contributed by atoms with Crippen molar-refractivity contribution in [1.29, 1.82) is 0 Å². The summed E-state index contributed by atoms with van der Waals surface area (Å²) in [6.07, 6.45) is 4.58. The highest BCUT2D eigenvalue weighted by Crippen LogP contribution is 2.28. The van der Waals surface area contributed by atoms with Crippen molar-refractivity contribution in [2.75, 3.05) is 12.4 Å². The van der Waals surface area contributed by atoms with Crippen LogP contribution in [0.25, 0.3) is 11.0 Å². The van der Waals surface area contributed by atoms with Crippen molar-refractivity contribution >= 4 is 34.5 Å². The van der Waals surface area contributed by atoms with Crippen LogP contribution in [-0.4, -0.2) is 23.3 Å². The standard InChI is InChI=1S/C21H16N4O3/c1-27-15-9-7-14(8-10-15)25-19-16-5-2-3-6-18(16)28-20(26)17(19)13-24-21-22-11-4-12-23-21/h2-13,25H,1H3. The van der Waals surface area contributed by atoms with Gasteiger partial charge in [0.2, 0.25) is 5.95 Å². The van der Waals surface area contributed by atoms with Gasteiger partial charge in [-0.1, -0.05) is 12.1 Å². The smallest absolute Gasteiger partial charge is 0.347 e. The summed E-state index contributed by atoms with van der Waals surface area (Å²) in [6, 6.07) is 16.4. The molecule has 0 saturated heterocycles. The van der Waals surface area contributed by atoms with E-state index in [2.05, 4.69) is 20.3 Å². The molecule has 0 radical (unpaired) electrons. The molecule has 28 heavy (non-hydrogen) atoms. The summed E-state index contributed by atoms with van der Waals surface area (Å²) in [4.78, 5) is 24.9. The summed E-state index contributed by atoms with van der Waals surface area (Å²) in [5.74, 6) is 0.997. The number of aliphatic imine (C=N–C) groups is 1. The summed E-state index contributed by atoms with van der Waals surface area (Å²) in [7, 11) is 1.61. The highest BCUT2D eigenvalue weighted by atomic mass is 16.5. The molecular weight excluding hydrogens is 356 g/mol. The zero-order valence-corrected chi connectivity index (χ0v) is 15.0. The van der Waals surface area contributed by atoms with Gasteiger partial charge in [-0.2, -0.15) is 0 Å². The fourth-order valence-electron chi connectivity index (χ4n) is 2.71. The normalized spacial score (nSPS) is 11.0. The van der Waals surface area contributed by atoms with Crippen molar-refractivity contribution in [2.45, 2.75) is 0 Å². The predicted molar refractivity (Wildman–Crippen MR) is 108 cm³/mol. The van der Waals surface area contributed by atoms with Crippen molar-refractivity contribution in [2.24, 2.45) is 4.99 Å². The minimum Gasteiger partial charge on any atom is -0.497 e. The number of para-hydroxylation sites is 1. The first-order chi connectivity index (χ1) is 13.7. The number of rotatable bonds is 5. The Morgan fingerprint density at radius 3 is 2.54 bits per heavy atom. The second-order valence-corrected chi connectivity index (χ2v) is 5.83. The van der Waals surface area contributed by atoms with Gasteiger partial charge in [0.1, 0.15) is 16.9 Å². The van der Waals surface area contributed by atoms with E-state index in [1.165, 1.54) is 6.21 Å². The number of methoxy groups -OCH3 is 1. The van der Waals surface area contributed by atoms with E-state index in [1.807, 2.05) is 42.5 Å². The highest BCUT2D eigenvalue weighted by Gasteiger charge is 2.13. The quantitative estimate of drug-likeness (QED) is 0.419. The summed E-state index contributed by atoms with van der Waals surface area (Å²) in [5.41, 5.74) is 1.65. The molecule has 0 spiro atoms. The van der Waals surface area contributed by atoms with Crippen LogP contribution >= 0.6 is 0 Å². The third kappa shape index (κ3) is 3.59. The molecule has 4 aromatic rings. The zero-order valence-electron chi connectivity index (χ0n) is 15.0. The van der Waals surface area contributed by atoms with Gasteiger partial charge in [0.25, 0.3) is 0 Å². The molecule has 0 unspecified atom stereocenters. The van der Waals surface area contributed by atoms with E-state index in [0.717, 1.165) is 16.8 Å². The number of anilines is 2. The van der Waals surface area contributed by atoms with Gasteiger partial charge in [-0.25, -0.2) is 19.8 Å². The third-order valence-electron chi connectivity index (χ3n) is 4.07. The van der Waals surface area contributed by atoms with Crippen LogP contribution in [0.1, 0.15) is 5.56 Å². The van der Waals surface area contributed by atoms with Crippen molar-refractivity contribution in [3.63, 3.8) is 0 Å². The van der Waals surface area contributed by atoms with Crippen molar-refractivity contribution in [3.8, 4) is 5.75 Å². The summed E-state index contributed by atoms with van der Waals surface area (Å²) in [6.45, 7) is 0. The second-order valence-electron chi connectivity index (χ2n) is 5.83. The van der Waals surface area contributed by atoms with E-state index in [9.17, 15) is 4.79 Å². The lowest BCUT2D eigenvalue weighted by Crippen LogP contribution is -2.11. The maximum absolute atomic E-state index is 12.6. The van der Waals surface area contributed by atoms with Gasteiger partial charge in [0.05, 0.1) is 12.8 Å². The first-order valence-corrected chi connectivity index (χ1v) is 8.52. The molecule has 2 aromatic heterocycles. The predicted octanol–water partition coefficient (Wildman–Crippen LogP) is 4.09. The largest absolute Gasteiger partial charge is 0.497 e. The van der Waals surface area contributed by atoms with E-state index in [1.54, 1.807) is 31.6 Å². The monoisotopic (exact) mass is 372 g/mol. The molecule has 0 saturated carbocycles. The number of nitrogens with zero attached hydrogens (tertiary/aromatic N) is 3. The molecule has 0 aliphatic heterocycles. The Kier molecular flexibility index (Phi) is 4.79. The Morgan fingerprint density at radius 2 is 1.79 bits per heavy atom. The van der Waals surface area contributed by atoms with E-state index in [4.69, 9.17) is 9.15 Å². The Morgan fingerprint density at radius 1 is 1.04 bits per heavy atom. The number of aromatic nitrogens is 2. The minimum atomic E-state index is -0.505.